The summed E-state index contributed by atoms with van der Waals surface area (Å²) in [4.78, 5) is 2.35. The van der Waals surface area contributed by atoms with Crippen molar-refractivity contribution in [1.29, 1.82) is 0 Å². The number of hydrogen-bond acceptors (Lipinski definition) is 2. The third-order valence-corrected chi connectivity index (χ3v) is 5.45. The van der Waals surface area contributed by atoms with Crippen molar-refractivity contribution < 1.29 is 0 Å². The van der Waals surface area contributed by atoms with Gasteiger partial charge in [-0.1, -0.05) is 42.5 Å². The number of aryl methyl sites for hydroxylation is 3. The van der Waals surface area contributed by atoms with E-state index in [4.69, 9.17) is 0 Å². The largest absolute Gasteiger partial charge is 0.361 e. The Morgan fingerprint density at radius 3 is 1.78 bits per heavy atom. The minimum Gasteiger partial charge on any atom is -0.361 e. The van der Waals surface area contributed by atoms with E-state index < -0.39 is 0 Å². The lowest BCUT2D eigenvalue weighted by Gasteiger charge is -2.29. The fraction of sp³-hybridized carbons (Fsp3) is 0.200. The minimum atomic E-state index is 1.09. The first-order valence-corrected chi connectivity index (χ1v) is 11.2. The second kappa shape index (κ2) is 10.7. The maximum Gasteiger partial charge on any atom is 0.0490 e. The summed E-state index contributed by atoms with van der Waals surface area (Å²) in [6.07, 6.45) is 6.50. The van der Waals surface area contributed by atoms with Crippen LogP contribution in [0.2, 0.25) is 0 Å². The summed E-state index contributed by atoms with van der Waals surface area (Å²) in [7, 11) is 0. The maximum atomic E-state index is 3.44. The predicted octanol–water partition coefficient (Wildman–Crippen LogP) is 8.62. The Morgan fingerprint density at radius 2 is 1.28 bits per heavy atom. The predicted molar refractivity (Wildman–Crippen MR) is 141 cm³/mol. The van der Waals surface area contributed by atoms with E-state index >= 15 is 0 Å². The highest BCUT2D eigenvalue weighted by Gasteiger charge is 2.16. The normalized spacial score (nSPS) is 12.6. The zero-order chi connectivity index (χ0) is 23.1. The van der Waals surface area contributed by atoms with Crippen LogP contribution in [0.3, 0.4) is 0 Å². The number of nitrogens with one attached hydrogen (secondary N) is 1. The van der Waals surface area contributed by atoms with Gasteiger partial charge in [-0.15, -0.1) is 0 Å². The van der Waals surface area contributed by atoms with E-state index in [9.17, 15) is 0 Å². The molecule has 164 valence electrons. The van der Waals surface area contributed by atoms with E-state index in [1.165, 1.54) is 22.3 Å². The number of hydrogen-bond donors (Lipinski definition) is 1. The highest BCUT2D eigenvalue weighted by atomic mass is 15.1. The molecule has 0 fully saturated rings. The molecule has 0 aromatic heterocycles. The van der Waals surface area contributed by atoms with Gasteiger partial charge in [0, 0.05) is 29.0 Å². The van der Waals surface area contributed by atoms with E-state index in [1.807, 2.05) is 0 Å². The summed E-state index contributed by atoms with van der Waals surface area (Å²) >= 11 is 0. The molecule has 0 saturated heterocycles. The molecule has 0 heterocycles. The van der Waals surface area contributed by atoms with Crippen molar-refractivity contribution in [3.05, 3.63) is 125 Å². The fourth-order valence-corrected chi connectivity index (χ4v) is 3.65. The van der Waals surface area contributed by atoms with Crippen LogP contribution < -0.4 is 10.2 Å². The smallest absolute Gasteiger partial charge is 0.0490 e. The lowest BCUT2D eigenvalue weighted by Crippen LogP contribution is -2.18. The summed E-state index contributed by atoms with van der Waals surface area (Å²) < 4.78 is 0. The van der Waals surface area contributed by atoms with Crippen molar-refractivity contribution in [3.8, 4) is 0 Å². The molecule has 2 heteroatoms. The Bertz CT molecular complexity index is 1120. The average molecular weight is 423 g/mol. The summed E-state index contributed by atoms with van der Waals surface area (Å²) in [6.45, 7) is 12.8. The van der Waals surface area contributed by atoms with Crippen LogP contribution in [-0.4, -0.2) is 0 Å². The number of nitrogens with zero attached hydrogens (tertiary/aromatic N) is 1. The molecule has 0 radical (unpaired) electrons. The molecule has 0 saturated carbocycles. The molecule has 0 aliphatic heterocycles. The van der Waals surface area contributed by atoms with Gasteiger partial charge in [-0.2, -0.15) is 0 Å². The highest BCUT2D eigenvalue weighted by Crippen LogP contribution is 2.34. The molecule has 0 bridgehead atoms. The van der Waals surface area contributed by atoms with Gasteiger partial charge in [-0.3, -0.25) is 0 Å². The molecule has 1 N–H and O–H groups in total. The van der Waals surface area contributed by atoms with Crippen LogP contribution in [0.1, 0.15) is 37.5 Å². The van der Waals surface area contributed by atoms with Crippen LogP contribution in [0.5, 0.6) is 0 Å². The second-order valence-corrected chi connectivity index (χ2v) is 8.42. The summed E-state index contributed by atoms with van der Waals surface area (Å²) in [5.74, 6) is 0. The van der Waals surface area contributed by atoms with E-state index in [2.05, 4.69) is 143 Å². The van der Waals surface area contributed by atoms with E-state index in [1.54, 1.807) is 0 Å². The number of rotatable bonds is 7. The molecule has 0 aliphatic rings. The molecule has 0 spiro atoms. The van der Waals surface area contributed by atoms with Gasteiger partial charge in [0.05, 0.1) is 0 Å². The third kappa shape index (κ3) is 6.01. The molecular weight excluding hydrogens is 388 g/mol. The first kappa shape index (κ1) is 23.1. The highest BCUT2D eigenvalue weighted by molar-refractivity contribution is 5.72. The molecule has 0 amide bonds. The van der Waals surface area contributed by atoms with Crippen molar-refractivity contribution in [2.45, 2.75) is 41.5 Å². The van der Waals surface area contributed by atoms with Gasteiger partial charge in [-0.25, -0.2) is 0 Å². The summed E-state index contributed by atoms with van der Waals surface area (Å²) in [5, 5.41) is 3.44. The average Bonchev–Trinajstić information content (AvgIpc) is 2.77. The Balaban J connectivity index is 2.09. The second-order valence-electron chi connectivity index (χ2n) is 8.42. The zero-order valence-electron chi connectivity index (χ0n) is 20.1. The van der Waals surface area contributed by atoms with Crippen molar-refractivity contribution in [2.24, 2.45) is 0 Å². The third-order valence-electron chi connectivity index (χ3n) is 5.45. The van der Waals surface area contributed by atoms with E-state index in [0.29, 0.717) is 0 Å². The van der Waals surface area contributed by atoms with Gasteiger partial charge in [0.1, 0.15) is 0 Å². The number of allylic oxidation sites excluding steroid dienone is 4. The first-order chi connectivity index (χ1) is 15.4. The minimum absolute atomic E-state index is 1.09. The fourth-order valence-electron chi connectivity index (χ4n) is 3.65. The maximum absolute atomic E-state index is 3.44. The summed E-state index contributed by atoms with van der Waals surface area (Å²) in [5.41, 5.74) is 10.7. The van der Waals surface area contributed by atoms with E-state index in [-0.39, 0.29) is 0 Å². The van der Waals surface area contributed by atoms with Crippen molar-refractivity contribution in [3.63, 3.8) is 0 Å². The molecule has 3 aromatic rings. The molecule has 0 atom stereocenters. The van der Waals surface area contributed by atoms with E-state index in [0.717, 1.165) is 28.3 Å². The van der Waals surface area contributed by atoms with Gasteiger partial charge < -0.3 is 10.2 Å². The summed E-state index contributed by atoms with van der Waals surface area (Å²) in [6, 6.07) is 25.8. The number of anilines is 3. The Hall–Kier alpha value is -3.52. The van der Waals surface area contributed by atoms with Gasteiger partial charge in [0.25, 0.3) is 0 Å². The van der Waals surface area contributed by atoms with Crippen LogP contribution in [0.15, 0.2) is 108 Å². The van der Waals surface area contributed by atoms with Crippen LogP contribution >= 0.6 is 0 Å². The quantitative estimate of drug-likeness (QED) is 0.383. The lowest BCUT2D eigenvalue weighted by atomic mass is 10.1. The zero-order valence-corrected chi connectivity index (χ0v) is 20.1. The van der Waals surface area contributed by atoms with Crippen molar-refractivity contribution in [1.82, 2.24) is 0 Å². The molecule has 32 heavy (non-hydrogen) atoms. The molecule has 0 aliphatic carbocycles. The topological polar surface area (TPSA) is 15.3 Å². The first-order valence-electron chi connectivity index (χ1n) is 11.2. The van der Waals surface area contributed by atoms with Gasteiger partial charge in [-0.05, 0) is 112 Å². The van der Waals surface area contributed by atoms with Crippen LogP contribution in [0.4, 0.5) is 17.1 Å². The van der Waals surface area contributed by atoms with Gasteiger partial charge >= 0.3 is 0 Å². The lowest BCUT2D eigenvalue weighted by molar-refractivity contribution is 1.14. The molecule has 3 aromatic carbocycles. The van der Waals surface area contributed by atoms with Gasteiger partial charge in [0.15, 0.2) is 0 Å². The monoisotopic (exact) mass is 422 g/mol. The van der Waals surface area contributed by atoms with Gasteiger partial charge in [0.2, 0.25) is 0 Å². The number of benzene rings is 3. The SMILES string of the molecule is C\C=C(C)/C(=C\C(C)=C\Nc1cccc(C)c1)N(c1cccc(C)c1)c1cccc(C)c1. The molecule has 2 nitrogen and oxygen atoms in total. The molecular formula is C30H34N2. The van der Waals surface area contributed by atoms with Crippen molar-refractivity contribution >= 4 is 17.1 Å². The molecule has 3 rings (SSSR count). The van der Waals surface area contributed by atoms with Crippen LogP contribution in [0.25, 0.3) is 0 Å². The Kier molecular flexibility index (Phi) is 7.72. The molecule has 0 unspecified atom stereocenters. The Morgan fingerprint density at radius 1 is 0.750 bits per heavy atom. The standard InChI is InChI=1S/C30H34N2/c1-7-26(6)30(20-25(5)21-31-27-14-8-11-22(2)17-27)32(28-15-9-12-23(3)18-28)29-16-10-13-24(4)19-29/h7-21,31H,1-6H3/b25-21+,26-7-,30-20+. The van der Waals surface area contributed by atoms with Crippen molar-refractivity contribution in [2.75, 3.05) is 10.2 Å². The van der Waals surface area contributed by atoms with Crippen LogP contribution in [-0.2, 0) is 0 Å². The van der Waals surface area contributed by atoms with Crippen LogP contribution in [0, 0.1) is 20.8 Å². The Labute approximate surface area is 193 Å².